The van der Waals surface area contributed by atoms with E-state index in [2.05, 4.69) is 52.7 Å². The maximum absolute atomic E-state index is 3.75. The molecular formula is C15H15N3. The lowest BCUT2D eigenvalue weighted by molar-refractivity contribution is 1.24. The minimum atomic E-state index is 1.02. The second-order valence-corrected chi connectivity index (χ2v) is 4.37. The summed E-state index contributed by atoms with van der Waals surface area (Å²) >= 11 is 0. The molecule has 3 N–H and O–H groups in total. The van der Waals surface area contributed by atoms with Crippen LogP contribution in [0.3, 0.4) is 0 Å². The maximum atomic E-state index is 3.75. The van der Waals surface area contributed by atoms with Gasteiger partial charge in [0.05, 0.1) is 22.8 Å². The van der Waals surface area contributed by atoms with E-state index in [4.69, 9.17) is 0 Å². The SMILES string of the molecule is C=Cc1ccc(-c2ccc(-c3ccc(C)[nH]3)[nH]2)[nH]1. The van der Waals surface area contributed by atoms with Gasteiger partial charge in [0.2, 0.25) is 0 Å². The molecule has 18 heavy (non-hydrogen) atoms. The fourth-order valence-electron chi connectivity index (χ4n) is 2.06. The Hall–Kier alpha value is -2.42. The predicted molar refractivity (Wildman–Crippen MR) is 75.2 cm³/mol. The van der Waals surface area contributed by atoms with Crippen LogP contribution < -0.4 is 0 Å². The molecule has 3 heterocycles. The molecule has 0 radical (unpaired) electrons. The minimum Gasteiger partial charge on any atom is -0.357 e. The van der Waals surface area contributed by atoms with Gasteiger partial charge in [-0.2, -0.15) is 0 Å². The van der Waals surface area contributed by atoms with Crippen LogP contribution >= 0.6 is 0 Å². The van der Waals surface area contributed by atoms with Crippen LogP contribution in [0.2, 0.25) is 0 Å². The molecule has 90 valence electrons. The zero-order chi connectivity index (χ0) is 12.5. The number of nitrogens with one attached hydrogen (secondary N) is 3. The van der Waals surface area contributed by atoms with Crippen molar-refractivity contribution in [2.75, 3.05) is 0 Å². The Morgan fingerprint density at radius 2 is 1.33 bits per heavy atom. The average molecular weight is 237 g/mol. The Balaban J connectivity index is 1.96. The van der Waals surface area contributed by atoms with Gasteiger partial charge in [0.1, 0.15) is 0 Å². The van der Waals surface area contributed by atoms with E-state index >= 15 is 0 Å². The summed E-state index contributed by atoms with van der Waals surface area (Å²) in [4.78, 5) is 10.0. The van der Waals surface area contributed by atoms with Crippen molar-refractivity contribution in [2.24, 2.45) is 0 Å². The summed E-state index contributed by atoms with van der Waals surface area (Å²) in [5.41, 5.74) is 6.53. The quantitative estimate of drug-likeness (QED) is 0.617. The van der Waals surface area contributed by atoms with Gasteiger partial charge in [0, 0.05) is 11.4 Å². The molecule has 0 aromatic carbocycles. The van der Waals surface area contributed by atoms with Crippen molar-refractivity contribution >= 4 is 6.08 Å². The van der Waals surface area contributed by atoms with Gasteiger partial charge in [0.25, 0.3) is 0 Å². The third-order valence-corrected chi connectivity index (χ3v) is 3.03. The molecule has 0 unspecified atom stereocenters. The van der Waals surface area contributed by atoms with Crippen molar-refractivity contribution in [2.45, 2.75) is 6.92 Å². The summed E-state index contributed by atoms with van der Waals surface area (Å²) in [6.07, 6.45) is 1.81. The molecule has 0 aliphatic carbocycles. The van der Waals surface area contributed by atoms with Gasteiger partial charge in [-0.25, -0.2) is 0 Å². The van der Waals surface area contributed by atoms with Crippen molar-refractivity contribution in [3.8, 4) is 22.8 Å². The van der Waals surface area contributed by atoms with Crippen molar-refractivity contribution in [1.29, 1.82) is 0 Å². The van der Waals surface area contributed by atoms with Crippen LogP contribution in [0, 0.1) is 6.92 Å². The highest BCUT2D eigenvalue weighted by Gasteiger charge is 2.06. The van der Waals surface area contributed by atoms with E-state index in [9.17, 15) is 0 Å². The third-order valence-electron chi connectivity index (χ3n) is 3.03. The molecule has 3 aromatic rings. The van der Waals surface area contributed by atoms with E-state index in [0.717, 1.165) is 34.2 Å². The Labute approximate surface area is 106 Å². The van der Waals surface area contributed by atoms with E-state index in [-0.39, 0.29) is 0 Å². The Morgan fingerprint density at radius 3 is 1.89 bits per heavy atom. The minimum absolute atomic E-state index is 1.02. The van der Waals surface area contributed by atoms with E-state index < -0.39 is 0 Å². The van der Waals surface area contributed by atoms with Gasteiger partial charge >= 0.3 is 0 Å². The number of aromatic amines is 3. The molecule has 3 rings (SSSR count). The van der Waals surface area contributed by atoms with Crippen LogP contribution in [0.25, 0.3) is 28.9 Å². The van der Waals surface area contributed by atoms with E-state index in [0.29, 0.717) is 0 Å². The zero-order valence-electron chi connectivity index (χ0n) is 10.2. The highest BCUT2D eigenvalue weighted by atomic mass is 14.8. The highest BCUT2D eigenvalue weighted by molar-refractivity contribution is 5.66. The second kappa shape index (κ2) is 4.11. The lowest BCUT2D eigenvalue weighted by atomic mass is 10.3. The van der Waals surface area contributed by atoms with Crippen molar-refractivity contribution in [3.05, 3.63) is 54.4 Å². The van der Waals surface area contributed by atoms with Gasteiger partial charge in [-0.3, -0.25) is 0 Å². The first-order chi connectivity index (χ1) is 8.76. The number of rotatable bonds is 3. The van der Waals surface area contributed by atoms with Crippen LogP contribution in [0.1, 0.15) is 11.4 Å². The largest absolute Gasteiger partial charge is 0.357 e. The Bertz CT molecular complexity index is 682. The Kier molecular flexibility index (Phi) is 2.45. The molecule has 0 aliphatic heterocycles. The maximum Gasteiger partial charge on any atom is 0.0624 e. The molecule has 0 saturated heterocycles. The van der Waals surface area contributed by atoms with Gasteiger partial charge in [0.15, 0.2) is 0 Å². The summed E-state index contributed by atoms with van der Waals surface area (Å²) < 4.78 is 0. The summed E-state index contributed by atoms with van der Waals surface area (Å²) in [5.74, 6) is 0. The molecule has 0 fully saturated rings. The van der Waals surface area contributed by atoms with Crippen LogP contribution in [0.4, 0.5) is 0 Å². The topological polar surface area (TPSA) is 47.4 Å². The number of aryl methyl sites for hydroxylation is 1. The number of H-pyrrole nitrogens is 3. The zero-order valence-corrected chi connectivity index (χ0v) is 10.2. The van der Waals surface area contributed by atoms with Crippen molar-refractivity contribution in [3.63, 3.8) is 0 Å². The molecule has 0 saturated carbocycles. The fraction of sp³-hybridized carbons (Fsp3) is 0.0667. The lowest BCUT2D eigenvalue weighted by Crippen LogP contribution is -1.80. The van der Waals surface area contributed by atoms with E-state index in [1.54, 1.807) is 0 Å². The third kappa shape index (κ3) is 1.80. The van der Waals surface area contributed by atoms with Crippen LogP contribution in [-0.2, 0) is 0 Å². The molecule has 0 atom stereocenters. The first kappa shape index (κ1) is 10.7. The summed E-state index contributed by atoms with van der Waals surface area (Å²) in [6, 6.07) is 12.4. The van der Waals surface area contributed by atoms with E-state index in [1.807, 2.05) is 18.2 Å². The molecule has 0 amide bonds. The van der Waals surface area contributed by atoms with Crippen LogP contribution in [0.5, 0.6) is 0 Å². The normalized spacial score (nSPS) is 10.7. The molecule has 0 spiro atoms. The number of aromatic nitrogens is 3. The van der Waals surface area contributed by atoms with Gasteiger partial charge < -0.3 is 15.0 Å². The van der Waals surface area contributed by atoms with Crippen molar-refractivity contribution in [1.82, 2.24) is 15.0 Å². The van der Waals surface area contributed by atoms with Gasteiger partial charge in [-0.1, -0.05) is 6.58 Å². The standard InChI is InChI=1S/C15H15N3/c1-3-11-5-7-13(17-11)15-9-8-14(18-15)12-6-4-10(2)16-12/h3-9,16-18H,1H2,2H3. The molecule has 3 nitrogen and oxygen atoms in total. The fourth-order valence-corrected chi connectivity index (χ4v) is 2.06. The van der Waals surface area contributed by atoms with Gasteiger partial charge in [-0.05, 0) is 49.4 Å². The second-order valence-electron chi connectivity index (χ2n) is 4.37. The van der Waals surface area contributed by atoms with Crippen molar-refractivity contribution < 1.29 is 0 Å². The first-order valence-corrected chi connectivity index (χ1v) is 5.93. The molecule has 3 aromatic heterocycles. The summed E-state index contributed by atoms with van der Waals surface area (Å²) in [7, 11) is 0. The van der Waals surface area contributed by atoms with E-state index in [1.165, 1.54) is 0 Å². The first-order valence-electron chi connectivity index (χ1n) is 5.93. The highest BCUT2D eigenvalue weighted by Crippen LogP contribution is 2.23. The average Bonchev–Trinajstić information content (AvgIpc) is 3.07. The molecular weight excluding hydrogens is 222 g/mol. The smallest absolute Gasteiger partial charge is 0.0624 e. The summed E-state index contributed by atoms with van der Waals surface area (Å²) in [6.45, 7) is 5.80. The predicted octanol–water partition coefficient (Wildman–Crippen LogP) is 3.96. The number of hydrogen-bond acceptors (Lipinski definition) is 0. The molecule has 0 aliphatic rings. The Morgan fingerprint density at radius 1 is 0.778 bits per heavy atom. The molecule has 3 heteroatoms. The summed E-state index contributed by atoms with van der Waals surface area (Å²) in [5, 5.41) is 0. The molecule has 0 bridgehead atoms. The van der Waals surface area contributed by atoms with Gasteiger partial charge in [-0.15, -0.1) is 0 Å². The lowest BCUT2D eigenvalue weighted by Gasteiger charge is -1.95. The number of hydrogen-bond donors (Lipinski definition) is 3. The monoisotopic (exact) mass is 237 g/mol. The van der Waals surface area contributed by atoms with Crippen LogP contribution in [-0.4, -0.2) is 15.0 Å². The van der Waals surface area contributed by atoms with Crippen LogP contribution in [0.15, 0.2) is 43.0 Å².